The van der Waals surface area contributed by atoms with Gasteiger partial charge in [-0.2, -0.15) is 0 Å². The number of amides is 1. The van der Waals surface area contributed by atoms with Gasteiger partial charge in [0.2, 0.25) is 0 Å². The smallest absolute Gasteiger partial charge is 0.410 e. The number of likely N-dealkylation sites (tertiary alicyclic amines) is 1. The second-order valence-corrected chi connectivity index (χ2v) is 8.28. The van der Waals surface area contributed by atoms with Crippen LogP contribution in [0.25, 0.3) is 0 Å². The molecule has 0 spiro atoms. The highest BCUT2D eigenvalue weighted by Crippen LogP contribution is 2.28. The number of piperidine rings is 1. The van der Waals surface area contributed by atoms with Gasteiger partial charge in [0.1, 0.15) is 5.60 Å². The van der Waals surface area contributed by atoms with Gasteiger partial charge in [-0.1, -0.05) is 12.8 Å². The van der Waals surface area contributed by atoms with Crippen LogP contribution in [0.15, 0.2) is 0 Å². The Hall–Kier alpha value is -0.810. The molecule has 3 atom stereocenters. The number of aliphatic hydroxyl groups is 1. The summed E-state index contributed by atoms with van der Waals surface area (Å²) in [7, 11) is 1.82. The average Bonchev–Trinajstić information content (AvgIpc) is 2.46. The Balaban J connectivity index is 1.84. The molecule has 1 amide bonds. The first kappa shape index (κ1) is 18.5. The Labute approximate surface area is 141 Å². The number of nitrogens with zero attached hydrogens (tertiary/aromatic N) is 2. The van der Waals surface area contributed by atoms with Crippen LogP contribution in [0.3, 0.4) is 0 Å². The molecule has 134 valence electrons. The third-order valence-electron chi connectivity index (χ3n) is 4.95. The maximum absolute atomic E-state index is 12.1. The normalized spacial score (nSPS) is 30.0. The Bertz CT molecular complexity index is 394. The predicted molar refractivity (Wildman–Crippen MR) is 91.4 cm³/mol. The predicted octanol–water partition coefficient (Wildman–Crippen LogP) is 2.87. The fraction of sp³-hybridized carbons (Fsp3) is 0.944. The van der Waals surface area contributed by atoms with Crippen molar-refractivity contribution >= 4 is 6.09 Å². The molecule has 2 fully saturated rings. The van der Waals surface area contributed by atoms with Crippen molar-refractivity contribution in [2.45, 2.75) is 77.0 Å². The zero-order chi connectivity index (χ0) is 17.0. The Morgan fingerprint density at radius 1 is 1.22 bits per heavy atom. The third-order valence-corrected chi connectivity index (χ3v) is 4.95. The van der Waals surface area contributed by atoms with Crippen LogP contribution in [0.2, 0.25) is 0 Å². The summed E-state index contributed by atoms with van der Waals surface area (Å²) in [6.07, 6.45) is 6.29. The minimum Gasteiger partial charge on any atom is -0.444 e. The van der Waals surface area contributed by atoms with Crippen LogP contribution in [0.5, 0.6) is 0 Å². The topological polar surface area (TPSA) is 53.0 Å². The van der Waals surface area contributed by atoms with Gasteiger partial charge in [-0.3, -0.25) is 4.90 Å². The summed E-state index contributed by atoms with van der Waals surface area (Å²) in [5.74, 6) is 0.468. The molecule has 1 saturated carbocycles. The molecule has 0 aromatic carbocycles. The first-order valence-corrected chi connectivity index (χ1v) is 9.12. The molecule has 0 bridgehead atoms. The summed E-state index contributed by atoms with van der Waals surface area (Å²) >= 11 is 0. The van der Waals surface area contributed by atoms with Crippen molar-refractivity contribution in [1.29, 1.82) is 0 Å². The highest BCUT2D eigenvalue weighted by molar-refractivity contribution is 5.67. The monoisotopic (exact) mass is 326 g/mol. The largest absolute Gasteiger partial charge is 0.444 e. The SMILES string of the molecule is CN(CC1CCCN(C2CCCCC2O)C1)C(=O)OC(C)(C)C. The van der Waals surface area contributed by atoms with Crippen molar-refractivity contribution in [3.8, 4) is 0 Å². The summed E-state index contributed by atoms with van der Waals surface area (Å²) in [6.45, 7) is 8.47. The molecule has 0 aromatic rings. The lowest BCUT2D eigenvalue weighted by molar-refractivity contribution is -0.00680. The lowest BCUT2D eigenvalue weighted by atomic mass is 9.88. The van der Waals surface area contributed by atoms with Crippen LogP contribution in [-0.4, -0.2) is 65.4 Å². The highest BCUT2D eigenvalue weighted by Gasteiger charge is 2.33. The van der Waals surface area contributed by atoms with Crippen LogP contribution in [-0.2, 0) is 4.74 Å². The molecule has 5 heteroatoms. The second kappa shape index (κ2) is 7.84. The molecule has 1 saturated heterocycles. The van der Waals surface area contributed by atoms with E-state index >= 15 is 0 Å². The number of aliphatic hydroxyl groups excluding tert-OH is 1. The summed E-state index contributed by atoms with van der Waals surface area (Å²) in [4.78, 5) is 16.3. The van der Waals surface area contributed by atoms with Crippen LogP contribution in [0, 0.1) is 5.92 Å². The van der Waals surface area contributed by atoms with E-state index in [2.05, 4.69) is 4.90 Å². The summed E-state index contributed by atoms with van der Waals surface area (Å²) in [5, 5.41) is 10.3. The molecule has 1 heterocycles. The molecule has 5 nitrogen and oxygen atoms in total. The maximum Gasteiger partial charge on any atom is 0.410 e. The molecule has 0 radical (unpaired) electrons. The molecule has 2 aliphatic rings. The van der Waals surface area contributed by atoms with E-state index in [4.69, 9.17) is 4.74 Å². The molecule has 0 aromatic heterocycles. The van der Waals surface area contributed by atoms with Crippen molar-refractivity contribution in [1.82, 2.24) is 9.80 Å². The zero-order valence-corrected chi connectivity index (χ0v) is 15.3. The van der Waals surface area contributed by atoms with E-state index in [0.717, 1.165) is 51.7 Å². The molecule has 1 N–H and O–H groups in total. The van der Waals surface area contributed by atoms with Gasteiger partial charge in [-0.15, -0.1) is 0 Å². The van der Waals surface area contributed by atoms with Gasteiger partial charge in [0, 0.05) is 26.2 Å². The van der Waals surface area contributed by atoms with Gasteiger partial charge in [0.25, 0.3) is 0 Å². The molecule has 1 aliphatic heterocycles. The van der Waals surface area contributed by atoms with Gasteiger partial charge in [0.05, 0.1) is 6.10 Å². The van der Waals surface area contributed by atoms with E-state index in [0.29, 0.717) is 12.0 Å². The molecule has 23 heavy (non-hydrogen) atoms. The minimum absolute atomic E-state index is 0.175. The quantitative estimate of drug-likeness (QED) is 0.866. The summed E-state index contributed by atoms with van der Waals surface area (Å²) < 4.78 is 5.43. The first-order valence-electron chi connectivity index (χ1n) is 9.12. The van der Waals surface area contributed by atoms with Gasteiger partial charge in [-0.05, 0) is 58.9 Å². The van der Waals surface area contributed by atoms with Crippen LogP contribution < -0.4 is 0 Å². The molecule has 2 rings (SSSR count). The Morgan fingerprint density at radius 3 is 2.57 bits per heavy atom. The van der Waals surface area contributed by atoms with E-state index in [-0.39, 0.29) is 12.2 Å². The third kappa shape index (κ3) is 5.64. The second-order valence-electron chi connectivity index (χ2n) is 8.28. The Morgan fingerprint density at radius 2 is 1.91 bits per heavy atom. The van der Waals surface area contributed by atoms with Crippen LogP contribution >= 0.6 is 0 Å². The summed E-state index contributed by atoms with van der Waals surface area (Å²) in [5.41, 5.74) is -0.448. The standard InChI is InChI=1S/C18H34N2O3/c1-18(2,3)23-17(22)19(4)12-14-8-7-11-20(13-14)15-9-5-6-10-16(15)21/h14-16,21H,5-13H2,1-4H3. The highest BCUT2D eigenvalue weighted by atomic mass is 16.6. The fourth-order valence-corrected chi connectivity index (χ4v) is 3.87. The number of carbonyl (C=O) groups excluding carboxylic acids is 1. The van der Waals surface area contributed by atoms with Crippen molar-refractivity contribution < 1.29 is 14.6 Å². The van der Waals surface area contributed by atoms with Crippen molar-refractivity contribution in [3.63, 3.8) is 0 Å². The molecule has 3 unspecified atom stereocenters. The van der Waals surface area contributed by atoms with Crippen molar-refractivity contribution in [3.05, 3.63) is 0 Å². The summed E-state index contributed by atoms with van der Waals surface area (Å²) in [6, 6.07) is 0.318. The van der Waals surface area contributed by atoms with E-state index in [1.807, 2.05) is 27.8 Å². The van der Waals surface area contributed by atoms with Crippen molar-refractivity contribution in [2.75, 3.05) is 26.7 Å². The van der Waals surface area contributed by atoms with Crippen molar-refractivity contribution in [2.24, 2.45) is 5.92 Å². The zero-order valence-electron chi connectivity index (χ0n) is 15.3. The van der Waals surface area contributed by atoms with E-state index < -0.39 is 5.60 Å². The lowest BCUT2D eigenvalue weighted by Crippen LogP contribution is -2.51. The fourth-order valence-electron chi connectivity index (χ4n) is 3.87. The number of rotatable bonds is 3. The number of hydrogen-bond donors (Lipinski definition) is 1. The number of hydrogen-bond acceptors (Lipinski definition) is 4. The molecular weight excluding hydrogens is 292 g/mol. The lowest BCUT2D eigenvalue weighted by Gasteiger charge is -2.42. The van der Waals surface area contributed by atoms with Gasteiger partial charge in [0.15, 0.2) is 0 Å². The van der Waals surface area contributed by atoms with Crippen LogP contribution in [0.1, 0.15) is 59.3 Å². The molecule has 1 aliphatic carbocycles. The number of ether oxygens (including phenoxy) is 1. The Kier molecular flexibility index (Phi) is 6.32. The molecular formula is C18H34N2O3. The van der Waals surface area contributed by atoms with Gasteiger partial charge >= 0.3 is 6.09 Å². The maximum atomic E-state index is 12.1. The van der Waals surface area contributed by atoms with Crippen LogP contribution in [0.4, 0.5) is 4.79 Å². The first-order chi connectivity index (χ1) is 10.8. The average molecular weight is 326 g/mol. The number of carbonyl (C=O) groups is 1. The minimum atomic E-state index is -0.448. The van der Waals surface area contributed by atoms with E-state index in [9.17, 15) is 9.90 Å². The van der Waals surface area contributed by atoms with E-state index in [1.54, 1.807) is 4.90 Å². The van der Waals surface area contributed by atoms with E-state index in [1.165, 1.54) is 6.42 Å². The van der Waals surface area contributed by atoms with Gasteiger partial charge < -0.3 is 14.7 Å². The van der Waals surface area contributed by atoms with Gasteiger partial charge in [-0.25, -0.2) is 4.79 Å².